The number of aromatic nitrogens is 4. The van der Waals surface area contributed by atoms with Gasteiger partial charge in [0.1, 0.15) is 11.7 Å². The molecule has 29 heavy (non-hydrogen) atoms. The van der Waals surface area contributed by atoms with Crippen LogP contribution in [0.5, 0.6) is 0 Å². The molecule has 0 radical (unpaired) electrons. The van der Waals surface area contributed by atoms with E-state index >= 15 is 0 Å². The number of amides is 2. The second kappa shape index (κ2) is 7.46. The summed E-state index contributed by atoms with van der Waals surface area (Å²) in [7, 11) is 5.18. The summed E-state index contributed by atoms with van der Waals surface area (Å²) in [5.74, 6) is 1.12. The summed E-state index contributed by atoms with van der Waals surface area (Å²) in [6.45, 7) is 2.04. The SMILES string of the molecule is CCC1C(=O)N(C)c2cnc(-n3cc(C(=O)N(C)C)cn3)nc2N1C1CCCC1. The normalized spacial score (nSPS) is 19.6. The van der Waals surface area contributed by atoms with Gasteiger partial charge in [0.15, 0.2) is 5.82 Å². The second-order valence-electron chi connectivity index (χ2n) is 7.92. The van der Waals surface area contributed by atoms with Gasteiger partial charge in [0.2, 0.25) is 5.91 Å². The number of rotatable bonds is 4. The van der Waals surface area contributed by atoms with Crippen molar-refractivity contribution >= 4 is 23.3 Å². The van der Waals surface area contributed by atoms with E-state index in [2.05, 4.69) is 15.0 Å². The van der Waals surface area contributed by atoms with E-state index in [1.54, 1.807) is 38.4 Å². The number of likely N-dealkylation sites (N-methyl/N-ethyl adjacent to an activating group) is 1. The van der Waals surface area contributed by atoms with Crippen molar-refractivity contribution in [3.63, 3.8) is 0 Å². The molecular formula is C20H27N7O2. The zero-order valence-corrected chi connectivity index (χ0v) is 17.4. The molecule has 0 spiro atoms. The molecule has 0 aromatic carbocycles. The van der Waals surface area contributed by atoms with Crippen LogP contribution in [0.15, 0.2) is 18.6 Å². The van der Waals surface area contributed by atoms with E-state index in [0.29, 0.717) is 23.2 Å². The van der Waals surface area contributed by atoms with Gasteiger partial charge in [0, 0.05) is 33.4 Å². The molecule has 2 amide bonds. The molecule has 1 unspecified atom stereocenters. The summed E-state index contributed by atoms with van der Waals surface area (Å²) < 4.78 is 1.52. The predicted octanol–water partition coefficient (Wildman–Crippen LogP) is 1.87. The molecule has 4 rings (SSSR count). The molecule has 1 atom stereocenters. The quantitative estimate of drug-likeness (QED) is 0.783. The molecule has 0 saturated heterocycles. The minimum atomic E-state index is -0.221. The van der Waals surface area contributed by atoms with Gasteiger partial charge in [-0.25, -0.2) is 9.67 Å². The lowest BCUT2D eigenvalue weighted by Crippen LogP contribution is -2.55. The van der Waals surface area contributed by atoms with E-state index < -0.39 is 0 Å². The highest BCUT2D eigenvalue weighted by atomic mass is 16.2. The van der Waals surface area contributed by atoms with Gasteiger partial charge in [0.25, 0.3) is 11.9 Å². The molecule has 1 aliphatic heterocycles. The molecule has 1 saturated carbocycles. The van der Waals surface area contributed by atoms with Crippen molar-refractivity contribution in [2.24, 2.45) is 0 Å². The molecule has 3 heterocycles. The maximum Gasteiger partial charge on any atom is 0.256 e. The molecule has 9 nitrogen and oxygen atoms in total. The zero-order chi connectivity index (χ0) is 20.7. The van der Waals surface area contributed by atoms with Gasteiger partial charge < -0.3 is 14.7 Å². The predicted molar refractivity (Wildman–Crippen MR) is 109 cm³/mol. The van der Waals surface area contributed by atoms with Crippen LogP contribution in [0, 0.1) is 0 Å². The molecule has 2 aromatic rings. The van der Waals surface area contributed by atoms with Crippen LogP contribution in [0.4, 0.5) is 11.5 Å². The summed E-state index contributed by atoms with van der Waals surface area (Å²) >= 11 is 0. The van der Waals surface area contributed by atoms with Crippen molar-refractivity contribution in [2.45, 2.75) is 51.1 Å². The Morgan fingerprint density at radius 2 is 1.97 bits per heavy atom. The van der Waals surface area contributed by atoms with Crippen molar-refractivity contribution in [1.29, 1.82) is 0 Å². The van der Waals surface area contributed by atoms with Crippen LogP contribution in [0.2, 0.25) is 0 Å². The first-order chi connectivity index (χ1) is 13.9. The third kappa shape index (κ3) is 3.24. The van der Waals surface area contributed by atoms with Crippen LogP contribution in [-0.4, -0.2) is 69.7 Å². The molecule has 154 valence electrons. The number of carbonyl (C=O) groups is 2. The lowest BCUT2D eigenvalue weighted by Gasteiger charge is -2.43. The van der Waals surface area contributed by atoms with Gasteiger partial charge in [-0.1, -0.05) is 19.8 Å². The number of anilines is 2. The smallest absolute Gasteiger partial charge is 0.256 e. The number of fused-ring (bicyclic) bond motifs is 1. The van der Waals surface area contributed by atoms with E-state index in [9.17, 15) is 9.59 Å². The van der Waals surface area contributed by atoms with Gasteiger partial charge in [-0.05, 0) is 19.3 Å². The molecule has 2 aromatic heterocycles. The fraction of sp³-hybridized carbons (Fsp3) is 0.550. The van der Waals surface area contributed by atoms with Gasteiger partial charge in [-0.2, -0.15) is 10.1 Å². The van der Waals surface area contributed by atoms with Gasteiger partial charge in [-0.3, -0.25) is 9.59 Å². The average molecular weight is 397 g/mol. The van der Waals surface area contributed by atoms with E-state index in [1.165, 1.54) is 28.6 Å². The molecule has 2 aliphatic rings. The molecule has 9 heteroatoms. The van der Waals surface area contributed by atoms with Crippen molar-refractivity contribution in [1.82, 2.24) is 24.6 Å². The number of hydrogen-bond donors (Lipinski definition) is 0. The largest absolute Gasteiger partial charge is 0.345 e. The molecule has 0 bridgehead atoms. The molecule has 1 aliphatic carbocycles. The van der Waals surface area contributed by atoms with Crippen molar-refractivity contribution in [3.05, 3.63) is 24.2 Å². The summed E-state index contributed by atoms with van der Waals surface area (Å²) in [4.78, 5) is 39.7. The van der Waals surface area contributed by atoms with Crippen LogP contribution in [0.3, 0.4) is 0 Å². The average Bonchev–Trinajstić information content (AvgIpc) is 3.41. The summed E-state index contributed by atoms with van der Waals surface area (Å²) in [5.41, 5.74) is 1.19. The van der Waals surface area contributed by atoms with Gasteiger partial charge >= 0.3 is 0 Å². The Bertz CT molecular complexity index is 933. The van der Waals surface area contributed by atoms with Gasteiger partial charge in [-0.15, -0.1) is 0 Å². The van der Waals surface area contributed by atoms with Gasteiger partial charge in [0.05, 0.1) is 18.0 Å². The summed E-state index contributed by atoms with van der Waals surface area (Å²) in [6.07, 6.45) is 10.0. The monoisotopic (exact) mass is 397 g/mol. The first-order valence-corrected chi connectivity index (χ1v) is 10.1. The van der Waals surface area contributed by atoms with Crippen LogP contribution < -0.4 is 9.80 Å². The van der Waals surface area contributed by atoms with Crippen molar-refractivity contribution < 1.29 is 9.59 Å². The Labute approximate surface area is 170 Å². The topological polar surface area (TPSA) is 87.5 Å². The first kappa shape index (κ1) is 19.4. The zero-order valence-electron chi connectivity index (χ0n) is 17.4. The second-order valence-corrected chi connectivity index (χ2v) is 7.92. The molecular weight excluding hydrogens is 370 g/mol. The van der Waals surface area contributed by atoms with Crippen LogP contribution in [-0.2, 0) is 4.79 Å². The highest BCUT2D eigenvalue weighted by molar-refractivity contribution is 6.04. The van der Waals surface area contributed by atoms with Crippen molar-refractivity contribution in [2.75, 3.05) is 30.9 Å². The lowest BCUT2D eigenvalue weighted by molar-refractivity contribution is -0.120. The Hall–Kier alpha value is -2.97. The van der Waals surface area contributed by atoms with E-state index in [1.807, 2.05) is 6.92 Å². The maximum atomic E-state index is 13.0. The summed E-state index contributed by atoms with van der Waals surface area (Å²) in [5, 5.41) is 4.28. The standard InChI is InChI=1S/C20H27N7O2/c1-5-15-19(29)25(4)16-11-21-20(23-17(16)27(15)14-8-6-7-9-14)26-12-13(10-22-26)18(28)24(2)3/h10-12,14-15H,5-9H2,1-4H3. The molecule has 1 fully saturated rings. The number of nitrogens with zero attached hydrogens (tertiary/aromatic N) is 7. The van der Waals surface area contributed by atoms with E-state index in [0.717, 1.165) is 25.1 Å². The van der Waals surface area contributed by atoms with Crippen LogP contribution >= 0.6 is 0 Å². The first-order valence-electron chi connectivity index (χ1n) is 10.1. The maximum absolute atomic E-state index is 13.0. The Morgan fingerprint density at radius 3 is 2.62 bits per heavy atom. The van der Waals surface area contributed by atoms with E-state index in [4.69, 9.17) is 4.98 Å². The Morgan fingerprint density at radius 1 is 1.24 bits per heavy atom. The highest BCUT2D eigenvalue weighted by Crippen LogP contribution is 2.39. The Kier molecular flexibility index (Phi) is 4.97. The number of carbonyl (C=O) groups excluding carboxylic acids is 2. The fourth-order valence-corrected chi connectivity index (χ4v) is 4.29. The minimum absolute atomic E-state index is 0.0844. The third-order valence-corrected chi connectivity index (χ3v) is 5.84. The number of hydrogen-bond acceptors (Lipinski definition) is 6. The van der Waals surface area contributed by atoms with Crippen LogP contribution in [0.1, 0.15) is 49.4 Å². The van der Waals surface area contributed by atoms with Crippen molar-refractivity contribution in [3.8, 4) is 5.95 Å². The molecule has 0 N–H and O–H groups in total. The van der Waals surface area contributed by atoms with E-state index in [-0.39, 0.29) is 17.9 Å². The fourth-order valence-electron chi connectivity index (χ4n) is 4.29. The minimum Gasteiger partial charge on any atom is -0.345 e. The third-order valence-electron chi connectivity index (χ3n) is 5.84. The lowest BCUT2D eigenvalue weighted by atomic mass is 10.0. The summed E-state index contributed by atoms with van der Waals surface area (Å²) in [6, 6.07) is 0.0875. The Balaban J connectivity index is 1.77. The van der Waals surface area contributed by atoms with Crippen LogP contribution in [0.25, 0.3) is 5.95 Å². The highest BCUT2D eigenvalue weighted by Gasteiger charge is 2.41.